The first kappa shape index (κ1) is 21.5. The number of methoxy groups -OCH3 is 2. The molecule has 154 valence electrons. The highest BCUT2D eigenvalue weighted by atomic mass is 79.9. The summed E-state index contributed by atoms with van der Waals surface area (Å²) < 4.78 is 17.2. The third kappa shape index (κ3) is 5.25. The fourth-order valence-electron chi connectivity index (χ4n) is 3.09. The summed E-state index contributed by atoms with van der Waals surface area (Å²) in [4.78, 5) is 14.9. The van der Waals surface area contributed by atoms with E-state index in [0.717, 1.165) is 10.0 Å². The van der Waals surface area contributed by atoms with E-state index in [4.69, 9.17) is 14.2 Å². The van der Waals surface area contributed by atoms with E-state index >= 15 is 0 Å². The predicted octanol–water partition coefficient (Wildman–Crippen LogP) is 3.87. The largest absolute Gasteiger partial charge is 0.507 e. The Kier molecular flexibility index (Phi) is 7.44. The molecule has 29 heavy (non-hydrogen) atoms. The SMILES string of the molecule is COCCN(CCOC)Cc1c(O)ccc2c1OC(=Cc1ccc(Br)cc1)C2=O. The lowest BCUT2D eigenvalue weighted by atomic mass is 10.0. The van der Waals surface area contributed by atoms with E-state index in [2.05, 4.69) is 20.8 Å². The number of carbonyl (C=O) groups excluding carboxylic acids is 1. The van der Waals surface area contributed by atoms with E-state index in [1.807, 2.05) is 24.3 Å². The van der Waals surface area contributed by atoms with E-state index in [1.54, 1.807) is 32.4 Å². The van der Waals surface area contributed by atoms with Crippen LogP contribution in [0, 0.1) is 0 Å². The third-order valence-corrected chi connectivity index (χ3v) is 5.22. The molecule has 1 aliphatic heterocycles. The number of rotatable bonds is 9. The molecule has 1 N–H and O–H groups in total. The maximum atomic E-state index is 12.8. The number of carbonyl (C=O) groups is 1. The van der Waals surface area contributed by atoms with E-state index in [-0.39, 0.29) is 17.3 Å². The second-order valence-electron chi connectivity index (χ2n) is 6.69. The van der Waals surface area contributed by atoms with Gasteiger partial charge in [0, 0.05) is 38.3 Å². The molecule has 1 heterocycles. The lowest BCUT2D eigenvalue weighted by Gasteiger charge is -2.23. The fraction of sp³-hybridized carbons (Fsp3) is 0.318. The second-order valence-corrected chi connectivity index (χ2v) is 7.61. The molecule has 7 heteroatoms. The molecule has 0 aromatic heterocycles. The molecule has 0 bridgehead atoms. The molecular weight excluding hydrogens is 438 g/mol. The van der Waals surface area contributed by atoms with Crippen molar-refractivity contribution in [2.24, 2.45) is 0 Å². The van der Waals surface area contributed by atoms with Crippen LogP contribution in [0.2, 0.25) is 0 Å². The summed E-state index contributed by atoms with van der Waals surface area (Å²) in [6.07, 6.45) is 1.71. The number of hydrogen-bond donors (Lipinski definition) is 1. The van der Waals surface area contributed by atoms with Gasteiger partial charge in [-0.05, 0) is 35.9 Å². The number of aromatic hydroxyl groups is 1. The van der Waals surface area contributed by atoms with Crippen LogP contribution in [-0.2, 0) is 16.0 Å². The van der Waals surface area contributed by atoms with Gasteiger partial charge < -0.3 is 19.3 Å². The minimum atomic E-state index is -0.190. The number of fused-ring (bicyclic) bond motifs is 1. The number of benzene rings is 2. The van der Waals surface area contributed by atoms with Gasteiger partial charge in [0.25, 0.3) is 0 Å². The van der Waals surface area contributed by atoms with Crippen molar-refractivity contribution in [3.63, 3.8) is 0 Å². The average molecular weight is 462 g/mol. The van der Waals surface area contributed by atoms with Crippen molar-refractivity contribution in [1.29, 1.82) is 0 Å². The Balaban J connectivity index is 1.88. The van der Waals surface area contributed by atoms with Crippen molar-refractivity contribution in [2.75, 3.05) is 40.5 Å². The first-order valence-corrected chi connectivity index (χ1v) is 10.1. The molecule has 0 amide bonds. The highest BCUT2D eigenvalue weighted by molar-refractivity contribution is 9.10. The van der Waals surface area contributed by atoms with Gasteiger partial charge >= 0.3 is 0 Å². The molecule has 0 unspecified atom stereocenters. The summed E-state index contributed by atoms with van der Waals surface area (Å²) in [5.41, 5.74) is 1.90. The normalized spacial score (nSPS) is 14.5. The van der Waals surface area contributed by atoms with Crippen molar-refractivity contribution in [3.05, 3.63) is 63.3 Å². The van der Waals surface area contributed by atoms with Gasteiger partial charge in [0.05, 0.1) is 24.3 Å². The van der Waals surface area contributed by atoms with Gasteiger partial charge in [-0.3, -0.25) is 9.69 Å². The number of phenolic OH excluding ortho intramolecular Hbond substituents is 1. The summed E-state index contributed by atoms with van der Waals surface area (Å²) in [5.74, 6) is 0.568. The van der Waals surface area contributed by atoms with Crippen LogP contribution in [0.5, 0.6) is 11.5 Å². The lowest BCUT2D eigenvalue weighted by molar-refractivity contribution is 0.101. The molecule has 0 atom stereocenters. The number of allylic oxidation sites excluding steroid dienone is 1. The Bertz CT molecular complexity index is 887. The minimum Gasteiger partial charge on any atom is -0.507 e. The van der Waals surface area contributed by atoms with E-state index < -0.39 is 0 Å². The number of phenols is 1. The quantitative estimate of drug-likeness (QED) is 0.571. The zero-order chi connectivity index (χ0) is 20.8. The monoisotopic (exact) mass is 461 g/mol. The second kappa shape index (κ2) is 10.0. The van der Waals surface area contributed by atoms with Gasteiger partial charge in [0.2, 0.25) is 5.78 Å². The van der Waals surface area contributed by atoms with Crippen LogP contribution in [0.4, 0.5) is 0 Å². The molecular formula is C22H24BrNO5. The van der Waals surface area contributed by atoms with Crippen LogP contribution in [0.25, 0.3) is 6.08 Å². The van der Waals surface area contributed by atoms with Crippen LogP contribution in [-0.4, -0.2) is 56.3 Å². The van der Waals surface area contributed by atoms with E-state index in [1.165, 1.54) is 0 Å². The molecule has 0 fully saturated rings. The summed E-state index contributed by atoms with van der Waals surface area (Å²) in [5, 5.41) is 10.5. The first-order chi connectivity index (χ1) is 14.0. The molecule has 3 rings (SSSR count). The molecule has 0 aliphatic carbocycles. The minimum absolute atomic E-state index is 0.0984. The number of hydrogen-bond acceptors (Lipinski definition) is 6. The highest BCUT2D eigenvalue weighted by Crippen LogP contribution is 2.40. The predicted molar refractivity (Wildman–Crippen MR) is 114 cm³/mol. The molecule has 2 aromatic carbocycles. The maximum Gasteiger partial charge on any atom is 0.231 e. The standard InChI is InChI=1S/C22H24BrNO5/c1-27-11-9-24(10-12-28-2)14-18-19(25)8-7-17-21(26)20(29-22(17)18)13-15-3-5-16(23)6-4-15/h3-8,13,25H,9-12,14H2,1-2H3. The van der Waals surface area contributed by atoms with Gasteiger partial charge in [-0.1, -0.05) is 28.1 Å². The first-order valence-electron chi connectivity index (χ1n) is 9.28. The Labute approximate surface area is 178 Å². The molecule has 0 saturated heterocycles. The van der Waals surface area contributed by atoms with Gasteiger partial charge in [0.15, 0.2) is 5.76 Å². The van der Waals surface area contributed by atoms with Crippen LogP contribution in [0.1, 0.15) is 21.5 Å². The Morgan fingerprint density at radius 1 is 1.07 bits per heavy atom. The van der Waals surface area contributed by atoms with Crippen LogP contribution in [0.3, 0.4) is 0 Å². The summed E-state index contributed by atoms with van der Waals surface area (Å²) in [7, 11) is 3.29. The smallest absolute Gasteiger partial charge is 0.231 e. The van der Waals surface area contributed by atoms with Crippen molar-refractivity contribution in [1.82, 2.24) is 4.90 Å². The Morgan fingerprint density at radius 3 is 2.34 bits per heavy atom. The third-order valence-electron chi connectivity index (χ3n) is 4.69. The zero-order valence-corrected chi connectivity index (χ0v) is 18.1. The van der Waals surface area contributed by atoms with Gasteiger partial charge in [-0.25, -0.2) is 0 Å². The van der Waals surface area contributed by atoms with Crippen molar-refractivity contribution in [3.8, 4) is 11.5 Å². The topological polar surface area (TPSA) is 68.2 Å². The highest BCUT2D eigenvalue weighted by Gasteiger charge is 2.31. The van der Waals surface area contributed by atoms with E-state index in [0.29, 0.717) is 49.7 Å². The summed E-state index contributed by atoms with van der Waals surface area (Å²) in [6, 6.07) is 10.7. The fourth-order valence-corrected chi connectivity index (χ4v) is 3.36. The van der Waals surface area contributed by atoms with Crippen molar-refractivity contribution in [2.45, 2.75) is 6.54 Å². The molecule has 0 radical (unpaired) electrons. The van der Waals surface area contributed by atoms with Crippen LogP contribution >= 0.6 is 15.9 Å². The van der Waals surface area contributed by atoms with Crippen LogP contribution in [0.15, 0.2) is 46.6 Å². The summed E-state index contributed by atoms with van der Waals surface area (Å²) >= 11 is 3.40. The van der Waals surface area contributed by atoms with Gasteiger partial charge in [0.1, 0.15) is 11.5 Å². The number of nitrogens with zero attached hydrogens (tertiary/aromatic N) is 1. The zero-order valence-electron chi connectivity index (χ0n) is 16.5. The molecule has 6 nitrogen and oxygen atoms in total. The van der Waals surface area contributed by atoms with Gasteiger partial charge in [-0.15, -0.1) is 0 Å². The molecule has 0 saturated carbocycles. The Morgan fingerprint density at radius 2 is 1.72 bits per heavy atom. The van der Waals surface area contributed by atoms with E-state index in [9.17, 15) is 9.90 Å². The number of ketones is 1. The maximum absolute atomic E-state index is 12.8. The number of halogens is 1. The van der Waals surface area contributed by atoms with Gasteiger partial charge in [-0.2, -0.15) is 0 Å². The lowest BCUT2D eigenvalue weighted by Crippen LogP contribution is -2.30. The molecule has 2 aromatic rings. The van der Waals surface area contributed by atoms with Crippen LogP contribution < -0.4 is 4.74 Å². The van der Waals surface area contributed by atoms with Crippen molar-refractivity contribution < 1.29 is 24.1 Å². The summed E-state index contributed by atoms with van der Waals surface area (Å²) in [6.45, 7) is 2.85. The Hall–Kier alpha value is -2.19. The number of ether oxygens (including phenoxy) is 3. The molecule has 0 spiro atoms. The van der Waals surface area contributed by atoms with Crippen molar-refractivity contribution >= 4 is 27.8 Å². The molecule has 1 aliphatic rings. The average Bonchev–Trinajstić information content (AvgIpc) is 3.03. The number of Topliss-reactive ketones (excluding diaryl/α,β-unsaturated/α-hetero) is 1.